The Kier molecular flexibility index (Phi) is 3.27. The zero-order valence-electron chi connectivity index (χ0n) is 9.84. The van der Waals surface area contributed by atoms with Crippen molar-refractivity contribution in [3.05, 3.63) is 23.8 Å². The lowest BCUT2D eigenvalue weighted by Gasteiger charge is -2.10. The number of nitrogens with two attached hydrogens (primary N) is 1. The van der Waals surface area contributed by atoms with Gasteiger partial charge >= 0.3 is 0 Å². The maximum absolute atomic E-state index is 11.6. The van der Waals surface area contributed by atoms with Gasteiger partial charge in [-0.25, -0.2) is 13.6 Å². The fraction of sp³-hybridized carbons (Fsp3) is 0.364. The van der Waals surface area contributed by atoms with E-state index in [2.05, 4.69) is 5.32 Å². The zero-order valence-corrected chi connectivity index (χ0v) is 10.7. The van der Waals surface area contributed by atoms with Crippen LogP contribution < -0.4 is 15.2 Å². The largest absolute Gasteiger partial charge is 0.490 e. The Morgan fingerprint density at radius 1 is 1.44 bits per heavy atom. The second kappa shape index (κ2) is 4.58. The number of sulfonamides is 1. The lowest BCUT2D eigenvalue weighted by molar-refractivity contribution is 0.0959. The van der Waals surface area contributed by atoms with Crippen LogP contribution in [0, 0.1) is 0 Å². The molecule has 0 bridgehead atoms. The maximum Gasteiger partial charge on any atom is 0.252 e. The lowest BCUT2D eigenvalue weighted by atomic mass is 10.2. The molecular formula is C11H14N2O4S. The molecule has 1 aliphatic carbocycles. The van der Waals surface area contributed by atoms with Crippen molar-refractivity contribution >= 4 is 15.9 Å². The number of hydrogen-bond donors (Lipinski definition) is 2. The SMILES string of the molecule is CNC(=O)c1ccc(OC2CC2)cc1S(N)(=O)=O. The summed E-state index contributed by atoms with van der Waals surface area (Å²) in [6.07, 6.45) is 2.06. The number of carbonyl (C=O) groups excluding carboxylic acids is 1. The van der Waals surface area contributed by atoms with E-state index in [9.17, 15) is 13.2 Å². The van der Waals surface area contributed by atoms with Crippen molar-refractivity contribution in [3.63, 3.8) is 0 Å². The van der Waals surface area contributed by atoms with Gasteiger partial charge in [0.25, 0.3) is 5.91 Å². The van der Waals surface area contributed by atoms with Gasteiger partial charge in [-0.15, -0.1) is 0 Å². The van der Waals surface area contributed by atoms with Crippen molar-refractivity contribution < 1.29 is 17.9 Å². The number of primary sulfonamides is 1. The van der Waals surface area contributed by atoms with Crippen LogP contribution in [0.3, 0.4) is 0 Å². The number of benzene rings is 1. The number of carbonyl (C=O) groups is 1. The topological polar surface area (TPSA) is 98.5 Å². The molecule has 0 heterocycles. The van der Waals surface area contributed by atoms with Gasteiger partial charge in [0.15, 0.2) is 0 Å². The van der Waals surface area contributed by atoms with Crippen LogP contribution in [0.25, 0.3) is 0 Å². The maximum atomic E-state index is 11.6. The van der Waals surface area contributed by atoms with Crippen LogP contribution in [-0.2, 0) is 10.0 Å². The summed E-state index contributed by atoms with van der Waals surface area (Å²) in [5, 5.41) is 7.47. The minimum Gasteiger partial charge on any atom is -0.490 e. The molecule has 6 nitrogen and oxygen atoms in total. The predicted molar refractivity (Wildman–Crippen MR) is 64.9 cm³/mol. The van der Waals surface area contributed by atoms with Gasteiger partial charge < -0.3 is 10.1 Å². The molecule has 1 fully saturated rings. The number of rotatable bonds is 4. The first-order valence-electron chi connectivity index (χ1n) is 5.47. The minimum absolute atomic E-state index is 0.0168. The molecule has 0 spiro atoms. The quantitative estimate of drug-likeness (QED) is 0.818. The molecule has 0 unspecified atom stereocenters. The first-order chi connectivity index (χ1) is 8.41. The summed E-state index contributed by atoms with van der Waals surface area (Å²) in [6, 6.07) is 4.26. The molecule has 0 aliphatic heterocycles. The molecule has 18 heavy (non-hydrogen) atoms. The normalized spacial score (nSPS) is 15.2. The fourth-order valence-corrected chi connectivity index (χ4v) is 2.26. The third-order valence-electron chi connectivity index (χ3n) is 2.56. The highest BCUT2D eigenvalue weighted by molar-refractivity contribution is 7.89. The summed E-state index contributed by atoms with van der Waals surface area (Å²) < 4.78 is 28.4. The van der Waals surface area contributed by atoms with Crippen LogP contribution in [0.1, 0.15) is 23.2 Å². The van der Waals surface area contributed by atoms with E-state index in [0.29, 0.717) is 5.75 Å². The van der Waals surface area contributed by atoms with Crippen molar-refractivity contribution in [3.8, 4) is 5.75 Å². The number of amides is 1. The highest BCUT2D eigenvalue weighted by atomic mass is 32.2. The molecule has 1 saturated carbocycles. The third-order valence-corrected chi connectivity index (χ3v) is 3.51. The summed E-state index contributed by atoms with van der Waals surface area (Å²) in [6.45, 7) is 0. The smallest absolute Gasteiger partial charge is 0.252 e. The van der Waals surface area contributed by atoms with Crippen molar-refractivity contribution in [2.24, 2.45) is 5.14 Å². The van der Waals surface area contributed by atoms with E-state index in [1.807, 2.05) is 0 Å². The Balaban J connectivity index is 2.44. The Hall–Kier alpha value is -1.60. The standard InChI is InChI=1S/C11H14N2O4S/c1-13-11(14)9-5-4-8(17-7-2-3-7)6-10(9)18(12,15)16/h4-7H,2-3H2,1H3,(H,13,14)(H2,12,15,16). The Labute approximate surface area is 105 Å². The highest BCUT2D eigenvalue weighted by Crippen LogP contribution is 2.29. The summed E-state index contributed by atoms with van der Waals surface area (Å²) in [7, 11) is -2.55. The van der Waals surface area contributed by atoms with E-state index in [4.69, 9.17) is 9.88 Å². The van der Waals surface area contributed by atoms with Gasteiger partial charge in [0, 0.05) is 13.1 Å². The third kappa shape index (κ3) is 2.80. The van der Waals surface area contributed by atoms with Crippen LogP contribution in [0.5, 0.6) is 5.75 Å². The molecule has 0 saturated heterocycles. The highest BCUT2D eigenvalue weighted by Gasteiger charge is 2.25. The van der Waals surface area contributed by atoms with Gasteiger partial charge in [0.05, 0.1) is 16.6 Å². The van der Waals surface area contributed by atoms with Gasteiger partial charge in [-0.05, 0) is 25.0 Å². The second-order valence-corrected chi connectivity index (χ2v) is 5.63. The van der Waals surface area contributed by atoms with Crippen LogP contribution in [0.15, 0.2) is 23.1 Å². The van der Waals surface area contributed by atoms with Gasteiger partial charge in [-0.2, -0.15) is 0 Å². The van der Waals surface area contributed by atoms with E-state index in [0.717, 1.165) is 12.8 Å². The predicted octanol–water partition coefficient (Wildman–Crippen LogP) is 0.235. The van der Waals surface area contributed by atoms with E-state index in [1.165, 1.54) is 19.2 Å². The fourth-order valence-electron chi connectivity index (χ4n) is 1.51. The van der Waals surface area contributed by atoms with Gasteiger partial charge in [0.1, 0.15) is 5.75 Å². The van der Waals surface area contributed by atoms with Crippen molar-refractivity contribution in [1.29, 1.82) is 0 Å². The summed E-state index contributed by atoms with van der Waals surface area (Å²) in [4.78, 5) is 11.3. The number of ether oxygens (including phenoxy) is 1. The average molecular weight is 270 g/mol. The number of nitrogens with one attached hydrogen (secondary N) is 1. The molecule has 0 aromatic heterocycles. The Morgan fingerprint density at radius 3 is 2.61 bits per heavy atom. The molecule has 2 rings (SSSR count). The molecular weight excluding hydrogens is 256 g/mol. The van der Waals surface area contributed by atoms with Gasteiger partial charge in [0.2, 0.25) is 10.0 Å². The molecule has 98 valence electrons. The van der Waals surface area contributed by atoms with E-state index in [-0.39, 0.29) is 16.6 Å². The van der Waals surface area contributed by atoms with Crippen LogP contribution in [0.4, 0.5) is 0 Å². The van der Waals surface area contributed by atoms with Gasteiger partial charge in [-0.1, -0.05) is 0 Å². The summed E-state index contributed by atoms with van der Waals surface area (Å²) >= 11 is 0. The first-order valence-corrected chi connectivity index (χ1v) is 7.02. The van der Waals surface area contributed by atoms with Crippen molar-refractivity contribution in [1.82, 2.24) is 5.32 Å². The van der Waals surface area contributed by atoms with E-state index >= 15 is 0 Å². The molecule has 3 N–H and O–H groups in total. The minimum atomic E-state index is -3.97. The summed E-state index contributed by atoms with van der Waals surface area (Å²) in [5.74, 6) is -0.0915. The molecule has 1 aliphatic rings. The molecule has 7 heteroatoms. The van der Waals surface area contributed by atoms with E-state index < -0.39 is 15.9 Å². The number of hydrogen-bond acceptors (Lipinski definition) is 4. The van der Waals surface area contributed by atoms with Crippen molar-refractivity contribution in [2.45, 2.75) is 23.8 Å². The van der Waals surface area contributed by atoms with Crippen LogP contribution in [0.2, 0.25) is 0 Å². The molecule has 1 aromatic carbocycles. The molecule has 0 radical (unpaired) electrons. The molecule has 1 amide bonds. The second-order valence-electron chi connectivity index (χ2n) is 4.10. The average Bonchev–Trinajstić information content (AvgIpc) is 3.11. The van der Waals surface area contributed by atoms with Crippen LogP contribution in [-0.4, -0.2) is 27.5 Å². The monoisotopic (exact) mass is 270 g/mol. The lowest BCUT2D eigenvalue weighted by Crippen LogP contribution is -2.23. The van der Waals surface area contributed by atoms with Crippen molar-refractivity contribution in [2.75, 3.05) is 7.05 Å². The Bertz CT molecular complexity index is 579. The van der Waals surface area contributed by atoms with E-state index in [1.54, 1.807) is 6.07 Å². The first kappa shape index (κ1) is 12.8. The molecule has 1 aromatic rings. The zero-order chi connectivity index (χ0) is 13.3. The Morgan fingerprint density at radius 2 is 2.11 bits per heavy atom. The summed E-state index contributed by atoms with van der Waals surface area (Å²) in [5.41, 5.74) is 0.0168. The molecule has 0 atom stereocenters. The van der Waals surface area contributed by atoms with Crippen LogP contribution >= 0.6 is 0 Å². The van der Waals surface area contributed by atoms with Gasteiger partial charge in [-0.3, -0.25) is 4.79 Å².